The lowest BCUT2D eigenvalue weighted by Crippen LogP contribution is -2.70. The van der Waals surface area contributed by atoms with Gasteiger partial charge in [-0.1, -0.05) is 27.7 Å². The maximum Gasteiger partial charge on any atom is 0.201 e. The van der Waals surface area contributed by atoms with Crippen molar-refractivity contribution >= 4 is 0 Å². The van der Waals surface area contributed by atoms with Crippen molar-refractivity contribution in [1.29, 1.82) is 0 Å². The first-order chi connectivity index (χ1) is 20.5. The van der Waals surface area contributed by atoms with Crippen molar-refractivity contribution in [2.24, 2.45) is 53.3 Å². The summed E-state index contributed by atoms with van der Waals surface area (Å²) in [6.07, 6.45) is 8.74. The van der Waals surface area contributed by atoms with Crippen molar-refractivity contribution in [3.05, 3.63) is 0 Å². The molecule has 9 nitrogen and oxygen atoms in total. The molecule has 0 aromatic rings. The normalized spacial score (nSPS) is 59.5. The summed E-state index contributed by atoms with van der Waals surface area (Å²) in [7, 11) is 0. The zero-order valence-electron chi connectivity index (χ0n) is 27.0. The van der Waals surface area contributed by atoms with E-state index in [1.807, 2.05) is 13.8 Å². The van der Waals surface area contributed by atoms with Crippen molar-refractivity contribution in [2.75, 3.05) is 6.61 Å². The van der Waals surface area contributed by atoms with Gasteiger partial charge in [-0.25, -0.2) is 19.6 Å². The SMILES string of the molecule is C[C@@H]1CC[C@H]2[C@@H](C)C(CC(CO)CC3O[C@H]4O[C@@]5(C)CC[C@H]6[C@H](C)CC[C@@H]([C@H]3C)[C@@]46OO5)O[C@H]3O[C@@]4(C)CC[C@@H]1[C@]32OO4. The van der Waals surface area contributed by atoms with Gasteiger partial charge in [0.1, 0.15) is 0 Å². The molecule has 0 radical (unpaired) electrons. The van der Waals surface area contributed by atoms with E-state index >= 15 is 0 Å². The summed E-state index contributed by atoms with van der Waals surface area (Å²) < 4.78 is 27.0. The van der Waals surface area contributed by atoms with Crippen LogP contribution in [0.25, 0.3) is 0 Å². The molecule has 0 aromatic carbocycles. The molecule has 10 rings (SSSR count). The van der Waals surface area contributed by atoms with Crippen LogP contribution in [0.3, 0.4) is 0 Å². The van der Waals surface area contributed by atoms with E-state index in [1.54, 1.807) is 0 Å². The maximum atomic E-state index is 10.8. The van der Waals surface area contributed by atoms with Crippen molar-refractivity contribution in [1.82, 2.24) is 0 Å². The number of fused-ring (bicyclic) bond motifs is 4. The summed E-state index contributed by atoms with van der Waals surface area (Å²) in [5.74, 6) is 1.35. The maximum absolute atomic E-state index is 10.8. The molecule has 9 heteroatoms. The number of aliphatic hydroxyl groups is 1. The van der Waals surface area contributed by atoms with Crippen molar-refractivity contribution in [3.8, 4) is 0 Å². The second-order valence-corrected chi connectivity index (χ2v) is 16.4. The van der Waals surface area contributed by atoms with Crippen LogP contribution >= 0.6 is 0 Å². The number of hydrogen-bond acceptors (Lipinski definition) is 9. The molecule has 8 heterocycles. The van der Waals surface area contributed by atoms with Crippen LogP contribution in [0, 0.1) is 53.3 Å². The molecule has 2 spiro atoms. The molecule has 16 atom stereocenters. The number of ether oxygens (including phenoxy) is 4. The fourth-order valence-electron chi connectivity index (χ4n) is 11.4. The van der Waals surface area contributed by atoms with Gasteiger partial charge in [-0.15, -0.1) is 0 Å². The predicted octanol–water partition coefficient (Wildman–Crippen LogP) is 5.88. The topological polar surface area (TPSA) is 94.1 Å². The Balaban J connectivity index is 1.02. The van der Waals surface area contributed by atoms with Crippen molar-refractivity contribution in [3.63, 3.8) is 0 Å². The van der Waals surface area contributed by atoms with Gasteiger partial charge in [0.15, 0.2) is 23.8 Å². The highest BCUT2D eigenvalue weighted by Gasteiger charge is 2.71. The minimum absolute atomic E-state index is 0.0334. The van der Waals surface area contributed by atoms with Gasteiger partial charge < -0.3 is 24.1 Å². The number of aliphatic hydroxyl groups excluding tert-OH is 1. The van der Waals surface area contributed by atoms with E-state index in [4.69, 9.17) is 38.5 Å². The van der Waals surface area contributed by atoms with E-state index in [2.05, 4.69) is 27.7 Å². The molecular formula is C34H54O9. The molecule has 10 aliphatic rings. The van der Waals surface area contributed by atoms with Crippen LogP contribution in [0.15, 0.2) is 0 Å². The molecule has 10 fully saturated rings. The minimum atomic E-state index is -0.782. The molecule has 8 aliphatic heterocycles. The highest BCUT2D eigenvalue weighted by molar-refractivity contribution is 5.11. The Morgan fingerprint density at radius 3 is 1.47 bits per heavy atom. The van der Waals surface area contributed by atoms with E-state index in [0.29, 0.717) is 23.7 Å². The molecule has 8 saturated heterocycles. The van der Waals surface area contributed by atoms with Crippen LogP contribution in [0.5, 0.6) is 0 Å². The first-order valence-corrected chi connectivity index (χ1v) is 17.5. The second-order valence-electron chi connectivity index (χ2n) is 16.4. The summed E-state index contributed by atoms with van der Waals surface area (Å²) in [4.78, 5) is 24.7. The summed E-state index contributed by atoms with van der Waals surface area (Å²) in [6, 6.07) is 0. The predicted molar refractivity (Wildman–Crippen MR) is 153 cm³/mol. The van der Waals surface area contributed by atoms with Crippen LogP contribution in [-0.4, -0.2) is 59.3 Å². The van der Waals surface area contributed by atoms with Crippen LogP contribution in [0.4, 0.5) is 0 Å². The van der Waals surface area contributed by atoms with Crippen LogP contribution < -0.4 is 0 Å². The van der Waals surface area contributed by atoms with Gasteiger partial charge in [-0.05, 0) is 107 Å². The average molecular weight is 607 g/mol. The molecule has 2 saturated carbocycles. The lowest BCUT2D eigenvalue weighted by Gasteiger charge is -2.61. The van der Waals surface area contributed by atoms with Crippen LogP contribution in [-0.2, 0) is 38.5 Å². The molecular weight excluding hydrogens is 552 g/mol. The third-order valence-electron chi connectivity index (χ3n) is 14.0. The standard InChI is InChI=1S/C34H54O9/c1-18-7-9-25-20(3)27(36-29-33(25)23(18)11-13-31(5,38-29)40-42-33)15-22(17-35)16-28-21(4)26-10-8-19(2)24-12-14-32(6)39-30(37-28)34(24,26)43-41-32/h18-30,35H,7-17H2,1-6H3/t18-,19-,20-,21-,22?,23+,24+,25+,26+,27?,28?,29+,30+,31-,32-,33-,34-/m1/s1. The van der Waals surface area contributed by atoms with E-state index in [9.17, 15) is 5.11 Å². The average Bonchev–Trinajstić information content (AvgIpc) is 3.35. The summed E-state index contributed by atoms with van der Waals surface area (Å²) in [6.45, 7) is 13.4. The molecule has 0 aromatic heterocycles. The molecule has 2 aliphatic carbocycles. The monoisotopic (exact) mass is 606 g/mol. The Kier molecular flexibility index (Phi) is 7.20. The first-order valence-electron chi connectivity index (χ1n) is 17.5. The van der Waals surface area contributed by atoms with E-state index in [0.717, 1.165) is 51.4 Å². The molecule has 0 amide bonds. The molecule has 2 unspecified atom stereocenters. The van der Waals surface area contributed by atoms with Crippen molar-refractivity contribution < 1.29 is 43.6 Å². The van der Waals surface area contributed by atoms with Gasteiger partial charge in [-0.3, -0.25) is 0 Å². The number of hydrogen-bond donors (Lipinski definition) is 1. The van der Waals surface area contributed by atoms with Crippen molar-refractivity contribution in [2.45, 2.75) is 153 Å². The molecule has 244 valence electrons. The van der Waals surface area contributed by atoms with Gasteiger partial charge >= 0.3 is 0 Å². The first kappa shape index (κ1) is 30.0. The highest BCUT2D eigenvalue weighted by atomic mass is 17.3. The van der Waals surface area contributed by atoms with E-state index < -0.39 is 35.4 Å². The minimum Gasteiger partial charge on any atom is -0.396 e. The fourth-order valence-corrected chi connectivity index (χ4v) is 11.4. The Labute approximate surface area is 256 Å². The lowest BCUT2D eigenvalue weighted by atomic mass is 9.56. The third kappa shape index (κ3) is 4.28. The van der Waals surface area contributed by atoms with Gasteiger partial charge in [0.2, 0.25) is 11.6 Å². The zero-order valence-corrected chi connectivity index (χ0v) is 27.0. The zero-order chi connectivity index (χ0) is 29.9. The van der Waals surface area contributed by atoms with Crippen LogP contribution in [0.2, 0.25) is 0 Å². The quantitative estimate of drug-likeness (QED) is 0.385. The molecule has 1 N–H and O–H groups in total. The fraction of sp³-hybridized carbons (Fsp3) is 1.00. The Morgan fingerprint density at radius 2 is 1.05 bits per heavy atom. The summed E-state index contributed by atoms with van der Waals surface area (Å²) in [5.41, 5.74) is -1.12. The molecule has 4 bridgehead atoms. The summed E-state index contributed by atoms with van der Waals surface area (Å²) in [5, 5.41) is 10.8. The largest absolute Gasteiger partial charge is 0.396 e. The Morgan fingerprint density at radius 1 is 0.605 bits per heavy atom. The van der Waals surface area contributed by atoms with Gasteiger partial charge in [0, 0.05) is 31.3 Å². The van der Waals surface area contributed by atoms with E-state index in [1.165, 1.54) is 12.8 Å². The Bertz CT molecular complexity index is 994. The van der Waals surface area contributed by atoms with Gasteiger partial charge in [0.05, 0.1) is 12.2 Å². The van der Waals surface area contributed by atoms with E-state index in [-0.39, 0.29) is 48.4 Å². The van der Waals surface area contributed by atoms with Gasteiger partial charge in [0.25, 0.3) is 0 Å². The third-order valence-corrected chi connectivity index (χ3v) is 14.0. The summed E-state index contributed by atoms with van der Waals surface area (Å²) >= 11 is 0. The Hall–Kier alpha value is -0.360. The number of rotatable bonds is 5. The highest BCUT2D eigenvalue weighted by Crippen LogP contribution is 2.63. The second kappa shape index (κ2) is 10.3. The lowest BCUT2D eigenvalue weighted by molar-refractivity contribution is -0.571. The van der Waals surface area contributed by atoms with Crippen LogP contribution in [0.1, 0.15) is 106 Å². The molecule has 43 heavy (non-hydrogen) atoms. The van der Waals surface area contributed by atoms with Gasteiger partial charge in [-0.2, -0.15) is 0 Å². The smallest absolute Gasteiger partial charge is 0.201 e.